The van der Waals surface area contributed by atoms with E-state index in [1.165, 1.54) is 5.56 Å². The van der Waals surface area contributed by atoms with Crippen molar-refractivity contribution in [2.45, 2.75) is 23.5 Å². The molecule has 1 aliphatic heterocycles. The van der Waals surface area contributed by atoms with Crippen LogP contribution in [-0.2, 0) is 10.0 Å². The maximum absolute atomic E-state index is 13.0. The van der Waals surface area contributed by atoms with E-state index >= 15 is 0 Å². The van der Waals surface area contributed by atoms with E-state index in [0.717, 1.165) is 12.2 Å². The van der Waals surface area contributed by atoms with Gasteiger partial charge in [-0.05, 0) is 36.6 Å². The first-order chi connectivity index (χ1) is 11.5. The molecular weight excluding hydrogens is 362 g/mol. The van der Waals surface area contributed by atoms with E-state index in [1.54, 1.807) is 29.4 Å². The van der Waals surface area contributed by atoms with Gasteiger partial charge in [-0.2, -0.15) is 16.1 Å². The number of rotatable bonds is 3. The van der Waals surface area contributed by atoms with Crippen LogP contribution in [0.2, 0.25) is 5.02 Å². The number of nitrogens with zero attached hydrogens (tertiary/aromatic N) is 1. The number of thioether (sulfide) groups is 1. The summed E-state index contributed by atoms with van der Waals surface area (Å²) >= 11 is 7.93. The third kappa shape index (κ3) is 3.64. The minimum absolute atomic E-state index is 0.318. The fourth-order valence-corrected chi connectivity index (χ4v) is 6.21. The molecule has 128 valence electrons. The Labute approximate surface area is 153 Å². The minimum atomic E-state index is -3.51. The lowest BCUT2D eigenvalue weighted by molar-refractivity contribution is 0.427. The maximum atomic E-state index is 13.0. The Hall–Kier alpha value is -1.01. The highest BCUT2D eigenvalue weighted by atomic mass is 35.5. The van der Waals surface area contributed by atoms with Crippen molar-refractivity contribution in [3.63, 3.8) is 0 Å². The third-order valence-corrected chi connectivity index (χ3v) is 8.09. The van der Waals surface area contributed by atoms with Gasteiger partial charge in [0, 0.05) is 29.1 Å². The van der Waals surface area contributed by atoms with E-state index in [0.29, 0.717) is 33.8 Å². The molecule has 0 radical (unpaired) electrons. The van der Waals surface area contributed by atoms with Gasteiger partial charge in [-0.1, -0.05) is 48.0 Å². The second kappa shape index (κ2) is 7.48. The van der Waals surface area contributed by atoms with Crippen LogP contribution in [0, 0.1) is 6.92 Å². The van der Waals surface area contributed by atoms with E-state index in [4.69, 9.17) is 11.6 Å². The molecule has 2 aromatic rings. The Morgan fingerprint density at radius 3 is 2.58 bits per heavy atom. The van der Waals surface area contributed by atoms with Gasteiger partial charge in [-0.15, -0.1) is 0 Å². The van der Waals surface area contributed by atoms with Gasteiger partial charge in [-0.25, -0.2) is 8.42 Å². The zero-order chi connectivity index (χ0) is 17.2. The summed E-state index contributed by atoms with van der Waals surface area (Å²) in [5.41, 5.74) is 1.89. The zero-order valence-corrected chi connectivity index (χ0v) is 15.9. The molecule has 0 aliphatic carbocycles. The van der Waals surface area contributed by atoms with Crippen LogP contribution in [0.4, 0.5) is 0 Å². The van der Waals surface area contributed by atoms with Crippen molar-refractivity contribution in [1.82, 2.24) is 4.31 Å². The molecule has 24 heavy (non-hydrogen) atoms. The quantitative estimate of drug-likeness (QED) is 0.784. The first-order valence-electron chi connectivity index (χ1n) is 7.92. The van der Waals surface area contributed by atoms with E-state index in [9.17, 15) is 8.42 Å². The van der Waals surface area contributed by atoms with Crippen molar-refractivity contribution >= 4 is 33.4 Å². The molecule has 1 aliphatic rings. The van der Waals surface area contributed by atoms with Gasteiger partial charge in [0.05, 0.1) is 4.90 Å². The lowest BCUT2D eigenvalue weighted by Gasteiger charge is -2.21. The molecular formula is C18H20ClNO2S2. The molecule has 3 rings (SSSR count). The van der Waals surface area contributed by atoms with Crippen LogP contribution in [-0.4, -0.2) is 31.6 Å². The fraction of sp³-hybridized carbons (Fsp3) is 0.333. The van der Waals surface area contributed by atoms with Crippen molar-refractivity contribution in [3.05, 3.63) is 64.7 Å². The van der Waals surface area contributed by atoms with Gasteiger partial charge in [0.1, 0.15) is 0 Å². The van der Waals surface area contributed by atoms with E-state index in [-0.39, 0.29) is 0 Å². The average Bonchev–Trinajstić information content (AvgIpc) is 2.84. The van der Waals surface area contributed by atoms with Gasteiger partial charge in [-0.3, -0.25) is 0 Å². The smallest absolute Gasteiger partial charge is 0.207 e. The summed E-state index contributed by atoms with van der Waals surface area (Å²) in [7, 11) is -3.51. The molecule has 6 heteroatoms. The van der Waals surface area contributed by atoms with E-state index in [1.807, 2.05) is 30.0 Å². The lowest BCUT2D eigenvalue weighted by atomic mass is 10.1. The van der Waals surface area contributed by atoms with Crippen LogP contribution in [0.1, 0.15) is 22.8 Å². The molecule has 3 nitrogen and oxygen atoms in total. The van der Waals surface area contributed by atoms with Gasteiger partial charge >= 0.3 is 0 Å². The highest BCUT2D eigenvalue weighted by Gasteiger charge is 2.29. The van der Waals surface area contributed by atoms with E-state index < -0.39 is 10.0 Å². The van der Waals surface area contributed by atoms with Crippen LogP contribution in [0.3, 0.4) is 0 Å². The van der Waals surface area contributed by atoms with Crippen LogP contribution >= 0.6 is 23.4 Å². The standard InChI is InChI=1S/C18H20ClNO2S2/c1-14-16(19)8-5-9-18(14)24(21,22)20-11-10-17(23-13-12-20)15-6-3-2-4-7-15/h2-9,17H,10-13H2,1H3. The monoisotopic (exact) mass is 381 g/mol. The Morgan fingerprint density at radius 2 is 1.83 bits per heavy atom. The Morgan fingerprint density at radius 1 is 1.08 bits per heavy atom. The molecule has 0 amide bonds. The molecule has 1 saturated heterocycles. The largest absolute Gasteiger partial charge is 0.243 e. The summed E-state index contributed by atoms with van der Waals surface area (Å²) in [5.74, 6) is 0.790. The first-order valence-corrected chi connectivity index (χ1v) is 10.8. The summed E-state index contributed by atoms with van der Waals surface area (Å²) in [6.07, 6.45) is 0.813. The number of sulfonamides is 1. The molecule has 0 aromatic heterocycles. The molecule has 1 heterocycles. The summed E-state index contributed by atoms with van der Waals surface area (Å²) in [6, 6.07) is 15.4. The first kappa shape index (κ1) is 17.8. The SMILES string of the molecule is Cc1c(Cl)cccc1S(=O)(=O)N1CCSC(c2ccccc2)CC1. The van der Waals surface area contributed by atoms with Crippen LogP contribution in [0.5, 0.6) is 0 Å². The topological polar surface area (TPSA) is 37.4 Å². The molecule has 0 spiro atoms. The van der Waals surface area contributed by atoms with E-state index in [2.05, 4.69) is 12.1 Å². The highest BCUT2D eigenvalue weighted by molar-refractivity contribution is 7.99. The predicted octanol–water partition coefficient (Wildman–Crippen LogP) is 4.52. The van der Waals surface area contributed by atoms with Crippen molar-refractivity contribution in [3.8, 4) is 0 Å². The number of benzene rings is 2. The van der Waals surface area contributed by atoms with Crippen molar-refractivity contribution in [2.75, 3.05) is 18.8 Å². The number of hydrogen-bond donors (Lipinski definition) is 0. The van der Waals surface area contributed by atoms with Crippen molar-refractivity contribution in [2.24, 2.45) is 0 Å². The lowest BCUT2D eigenvalue weighted by Crippen LogP contribution is -2.33. The normalized spacial score (nSPS) is 19.8. The summed E-state index contributed by atoms with van der Waals surface area (Å²) < 4.78 is 27.6. The molecule has 1 fully saturated rings. The number of hydrogen-bond acceptors (Lipinski definition) is 3. The molecule has 0 bridgehead atoms. The predicted molar refractivity (Wildman–Crippen MR) is 101 cm³/mol. The van der Waals surface area contributed by atoms with Gasteiger partial charge in [0.25, 0.3) is 0 Å². The average molecular weight is 382 g/mol. The zero-order valence-electron chi connectivity index (χ0n) is 13.5. The third-order valence-electron chi connectivity index (χ3n) is 4.31. The Kier molecular flexibility index (Phi) is 5.55. The maximum Gasteiger partial charge on any atom is 0.243 e. The summed E-state index contributed by atoms with van der Waals surface area (Å²) in [6.45, 7) is 2.82. The molecule has 0 saturated carbocycles. The Bertz CT molecular complexity index is 809. The summed E-state index contributed by atoms with van der Waals surface area (Å²) in [5, 5.41) is 0.828. The molecule has 1 unspecified atom stereocenters. The van der Waals surface area contributed by atoms with Gasteiger partial charge in [0.15, 0.2) is 0 Å². The Balaban J connectivity index is 1.82. The second-order valence-corrected chi connectivity index (χ2v) is 9.45. The second-order valence-electron chi connectivity index (χ2n) is 5.83. The van der Waals surface area contributed by atoms with Crippen molar-refractivity contribution < 1.29 is 8.42 Å². The number of halogens is 1. The van der Waals surface area contributed by atoms with Gasteiger partial charge < -0.3 is 0 Å². The van der Waals surface area contributed by atoms with Crippen LogP contribution < -0.4 is 0 Å². The van der Waals surface area contributed by atoms with Crippen molar-refractivity contribution in [1.29, 1.82) is 0 Å². The van der Waals surface area contributed by atoms with Gasteiger partial charge in [0.2, 0.25) is 10.0 Å². The van der Waals surface area contributed by atoms with Crippen LogP contribution in [0.15, 0.2) is 53.4 Å². The van der Waals surface area contributed by atoms with Crippen LogP contribution in [0.25, 0.3) is 0 Å². The summed E-state index contributed by atoms with van der Waals surface area (Å²) in [4.78, 5) is 0.318. The molecule has 1 atom stereocenters. The fourth-order valence-electron chi connectivity index (χ4n) is 2.93. The molecule has 0 N–H and O–H groups in total. The molecule has 2 aromatic carbocycles. The highest BCUT2D eigenvalue weighted by Crippen LogP contribution is 2.36. The minimum Gasteiger partial charge on any atom is -0.207 e.